The van der Waals surface area contributed by atoms with Gasteiger partial charge in [-0.1, -0.05) is 6.07 Å². The summed E-state index contributed by atoms with van der Waals surface area (Å²) < 4.78 is 14.9. The molecule has 0 unspecified atom stereocenters. The Kier molecular flexibility index (Phi) is 3.26. The van der Waals surface area contributed by atoms with Gasteiger partial charge in [-0.15, -0.1) is 0 Å². The first kappa shape index (κ1) is 11.0. The summed E-state index contributed by atoms with van der Waals surface area (Å²) in [4.78, 5) is 11.1. The summed E-state index contributed by atoms with van der Waals surface area (Å²) >= 11 is 0. The van der Waals surface area contributed by atoms with Crippen LogP contribution in [0.25, 0.3) is 6.08 Å². The molecule has 0 spiro atoms. The van der Waals surface area contributed by atoms with E-state index >= 15 is 0 Å². The van der Waals surface area contributed by atoms with Crippen molar-refractivity contribution in [3.8, 4) is 17.6 Å². The molecule has 86 valence electrons. The topological polar surface area (TPSA) is 68.5 Å². The Morgan fingerprint density at radius 2 is 2.29 bits per heavy atom. The first-order chi connectivity index (χ1) is 8.29. The van der Waals surface area contributed by atoms with Crippen LogP contribution in [0.15, 0.2) is 24.3 Å². The molecule has 0 N–H and O–H groups in total. The van der Waals surface area contributed by atoms with Crippen molar-refractivity contribution in [3.05, 3.63) is 29.8 Å². The van der Waals surface area contributed by atoms with Crippen LogP contribution < -0.4 is 9.47 Å². The van der Waals surface area contributed by atoms with Gasteiger partial charge in [0.2, 0.25) is 6.79 Å². The van der Waals surface area contributed by atoms with Gasteiger partial charge in [0.25, 0.3) is 0 Å². The van der Waals surface area contributed by atoms with Crippen molar-refractivity contribution in [2.75, 3.05) is 13.4 Å². The van der Waals surface area contributed by atoms with E-state index in [9.17, 15) is 4.79 Å². The molecule has 0 bridgehead atoms. The van der Waals surface area contributed by atoms with E-state index in [1.54, 1.807) is 30.3 Å². The lowest BCUT2D eigenvalue weighted by Crippen LogP contribution is -1.99. The van der Waals surface area contributed by atoms with E-state index < -0.39 is 5.97 Å². The highest BCUT2D eigenvalue weighted by atomic mass is 16.7. The number of benzene rings is 1. The predicted molar refractivity (Wildman–Crippen MR) is 58.2 cm³/mol. The normalized spacial score (nSPS) is 12.4. The SMILES string of the molecule is N#CCOC(=O)/C=C/c1ccc2c(c1)OCO2. The van der Waals surface area contributed by atoms with E-state index in [-0.39, 0.29) is 13.4 Å². The fourth-order valence-corrected chi connectivity index (χ4v) is 1.33. The van der Waals surface area contributed by atoms with Crippen LogP contribution in [0.2, 0.25) is 0 Å². The maximum absolute atomic E-state index is 11.1. The molecule has 0 radical (unpaired) electrons. The Morgan fingerprint density at radius 3 is 3.12 bits per heavy atom. The number of nitriles is 1. The minimum Gasteiger partial charge on any atom is -0.454 e. The molecule has 0 saturated heterocycles. The number of hydrogen-bond donors (Lipinski definition) is 0. The predicted octanol–water partition coefficient (Wildman–Crippen LogP) is 1.50. The minimum absolute atomic E-state index is 0.215. The minimum atomic E-state index is -0.552. The Balaban J connectivity index is 2.02. The van der Waals surface area contributed by atoms with Gasteiger partial charge in [-0.05, 0) is 23.8 Å². The molecule has 2 rings (SSSR count). The highest BCUT2D eigenvalue weighted by Gasteiger charge is 2.12. The molecule has 5 heteroatoms. The van der Waals surface area contributed by atoms with E-state index in [2.05, 4.69) is 4.74 Å². The summed E-state index contributed by atoms with van der Waals surface area (Å²) in [6.45, 7) is -0.0307. The lowest BCUT2D eigenvalue weighted by atomic mass is 10.2. The van der Waals surface area contributed by atoms with Crippen LogP contribution in [0, 0.1) is 11.3 Å². The van der Waals surface area contributed by atoms with Crippen LogP contribution in [-0.2, 0) is 9.53 Å². The molecule has 0 amide bonds. The largest absolute Gasteiger partial charge is 0.454 e. The third-order valence-electron chi connectivity index (χ3n) is 2.09. The van der Waals surface area contributed by atoms with Crippen LogP contribution in [0.3, 0.4) is 0 Å². The molecule has 0 fully saturated rings. The summed E-state index contributed by atoms with van der Waals surface area (Å²) in [7, 11) is 0. The molecule has 1 heterocycles. The van der Waals surface area contributed by atoms with Crippen molar-refractivity contribution in [1.29, 1.82) is 5.26 Å². The lowest BCUT2D eigenvalue weighted by molar-refractivity contribution is -0.136. The standard InChI is InChI=1S/C12H9NO4/c13-5-6-15-12(14)4-2-9-1-3-10-11(7-9)17-8-16-10/h1-4,7H,6,8H2/b4-2+. The Hall–Kier alpha value is -2.48. The molecule has 0 aromatic heterocycles. The fourth-order valence-electron chi connectivity index (χ4n) is 1.33. The summed E-state index contributed by atoms with van der Waals surface area (Å²) in [5, 5.41) is 8.22. The van der Waals surface area contributed by atoms with Gasteiger partial charge in [0, 0.05) is 6.08 Å². The van der Waals surface area contributed by atoms with Crippen LogP contribution in [0.1, 0.15) is 5.56 Å². The number of rotatable bonds is 3. The van der Waals surface area contributed by atoms with Crippen LogP contribution in [0.4, 0.5) is 0 Å². The molecular formula is C12H9NO4. The molecule has 0 aliphatic carbocycles. The van der Waals surface area contributed by atoms with E-state index in [0.717, 1.165) is 5.56 Å². The lowest BCUT2D eigenvalue weighted by Gasteiger charge is -1.97. The van der Waals surface area contributed by atoms with E-state index in [0.29, 0.717) is 11.5 Å². The number of nitrogens with zero attached hydrogens (tertiary/aromatic N) is 1. The van der Waals surface area contributed by atoms with Crippen LogP contribution >= 0.6 is 0 Å². The van der Waals surface area contributed by atoms with Crippen molar-refractivity contribution in [1.82, 2.24) is 0 Å². The maximum Gasteiger partial charge on any atom is 0.331 e. The molecule has 1 aliphatic rings. The zero-order valence-corrected chi connectivity index (χ0v) is 8.88. The molecule has 1 aliphatic heterocycles. The first-order valence-electron chi connectivity index (χ1n) is 4.91. The zero-order valence-electron chi connectivity index (χ0n) is 8.88. The smallest absolute Gasteiger partial charge is 0.331 e. The van der Waals surface area contributed by atoms with E-state index in [4.69, 9.17) is 14.7 Å². The average Bonchev–Trinajstić information content (AvgIpc) is 2.81. The molecule has 1 aromatic carbocycles. The molecule has 0 saturated carbocycles. The number of esters is 1. The molecular weight excluding hydrogens is 222 g/mol. The van der Waals surface area contributed by atoms with Gasteiger partial charge in [-0.25, -0.2) is 4.79 Å². The fraction of sp³-hybridized carbons (Fsp3) is 0.167. The molecule has 5 nitrogen and oxygen atoms in total. The Morgan fingerprint density at radius 1 is 1.47 bits per heavy atom. The zero-order chi connectivity index (χ0) is 12.1. The van der Waals surface area contributed by atoms with E-state index in [1.165, 1.54) is 6.08 Å². The third-order valence-corrected chi connectivity index (χ3v) is 2.09. The molecule has 17 heavy (non-hydrogen) atoms. The second-order valence-electron chi connectivity index (χ2n) is 3.21. The van der Waals surface area contributed by atoms with E-state index in [1.807, 2.05) is 0 Å². The van der Waals surface area contributed by atoms with Gasteiger partial charge >= 0.3 is 5.97 Å². The summed E-state index contributed by atoms with van der Waals surface area (Å²) in [5.41, 5.74) is 0.795. The van der Waals surface area contributed by atoms with Crippen LogP contribution in [-0.4, -0.2) is 19.4 Å². The van der Waals surface area contributed by atoms with Gasteiger partial charge in [-0.2, -0.15) is 5.26 Å². The maximum atomic E-state index is 11.1. The number of carbonyl (C=O) groups is 1. The molecule has 0 atom stereocenters. The second kappa shape index (κ2) is 5.03. The highest BCUT2D eigenvalue weighted by Crippen LogP contribution is 2.32. The van der Waals surface area contributed by atoms with Crippen LogP contribution in [0.5, 0.6) is 11.5 Å². The van der Waals surface area contributed by atoms with Crippen molar-refractivity contribution in [3.63, 3.8) is 0 Å². The van der Waals surface area contributed by atoms with Crippen molar-refractivity contribution in [2.45, 2.75) is 0 Å². The summed E-state index contributed by atoms with van der Waals surface area (Å²) in [6, 6.07) is 7.04. The van der Waals surface area contributed by atoms with Crippen molar-refractivity contribution < 1.29 is 19.0 Å². The summed E-state index contributed by atoms with van der Waals surface area (Å²) in [5.74, 6) is 0.788. The number of carbonyl (C=O) groups excluding carboxylic acids is 1. The van der Waals surface area contributed by atoms with Crippen molar-refractivity contribution in [2.24, 2.45) is 0 Å². The quantitative estimate of drug-likeness (QED) is 0.582. The summed E-state index contributed by atoms with van der Waals surface area (Å²) in [6.07, 6.45) is 2.84. The van der Waals surface area contributed by atoms with Gasteiger partial charge in [0.1, 0.15) is 6.07 Å². The Labute approximate surface area is 97.8 Å². The van der Waals surface area contributed by atoms with Crippen molar-refractivity contribution >= 4 is 12.0 Å². The second-order valence-corrected chi connectivity index (χ2v) is 3.21. The van der Waals surface area contributed by atoms with Gasteiger partial charge in [0.05, 0.1) is 0 Å². The number of ether oxygens (including phenoxy) is 3. The van der Waals surface area contributed by atoms with Gasteiger partial charge in [0.15, 0.2) is 18.1 Å². The number of fused-ring (bicyclic) bond motifs is 1. The average molecular weight is 231 g/mol. The molecule has 1 aromatic rings. The highest BCUT2D eigenvalue weighted by molar-refractivity contribution is 5.87. The first-order valence-corrected chi connectivity index (χ1v) is 4.91. The van der Waals surface area contributed by atoms with Gasteiger partial charge < -0.3 is 14.2 Å². The van der Waals surface area contributed by atoms with Gasteiger partial charge in [-0.3, -0.25) is 0 Å². The Bertz CT molecular complexity index is 502. The number of hydrogen-bond acceptors (Lipinski definition) is 5. The monoisotopic (exact) mass is 231 g/mol. The third kappa shape index (κ3) is 2.75.